The number of hydrogen-bond acceptors (Lipinski definition) is 3. The van der Waals surface area contributed by atoms with Crippen molar-refractivity contribution >= 4 is 11.7 Å². The lowest BCUT2D eigenvalue weighted by atomic mass is 10.0. The second-order valence-corrected chi connectivity index (χ2v) is 3.81. The van der Waals surface area contributed by atoms with Crippen LogP contribution in [0.15, 0.2) is 6.33 Å². The van der Waals surface area contributed by atoms with E-state index in [1.807, 2.05) is 6.92 Å². The monoisotopic (exact) mass is 205 g/mol. The van der Waals surface area contributed by atoms with E-state index >= 15 is 0 Å². The fourth-order valence-corrected chi connectivity index (χ4v) is 1.95. The second kappa shape index (κ2) is 3.96. The van der Waals surface area contributed by atoms with E-state index in [0.29, 0.717) is 6.42 Å². The molecule has 0 fully saturated rings. The molecule has 4 nitrogen and oxygen atoms in total. The molecule has 1 aliphatic heterocycles. The van der Waals surface area contributed by atoms with Crippen molar-refractivity contribution < 1.29 is 4.79 Å². The number of hydrogen-bond donors (Lipinski definition) is 0. The molecule has 0 atom stereocenters. The van der Waals surface area contributed by atoms with Crippen LogP contribution in [0.1, 0.15) is 31.0 Å². The van der Waals surface area contributed by atoms with E-state index in [1.54, 1.807) is 4.90 Å². The smallest absolute Gasteiger partial charge is 0.228 e. The first kappa shape index (κ1) is 10.1. The molecule has 15 heavy (non-hydrogen) atoms. The highest BCUT2D eigenvalue weighted by Gasteiger charge is 2.25. The Labute approximate surface area is 89.3 Å². The Hall–Kier alpha value is -1.45. The van der Waals surface area contributed by atoms with E-state index in [4.69, 9.17) is 0 Å². The minimum absolute atomic E-state index is 0.183. The van der Waals surface area contributed by atoms with Crippen LogP contribution in [0.5, 0.6) is 0 Å². The number of carbonyl (C=O) groups excluding carboxylic acids is 1. The van der Waals surface area contributed by atoms with Gasteiger partial charge in [-0.1, -0.05) is 6.92 Å². The van der Waals surface area contributed by atoms with Crippen molar-refractivity contribution in [1.29, 1.82) is 0 Å². The van der Waals surface area contributed by atoms with Gasteiger partial charge in [0.1, 0.15) is 12.1 Å². The topological polar surface area (TPSA) is 46.1 Å². The number of rotatable bonds is 2. The molecule has 0 N–H and O–H groups in total. The molecule has 0 spiro atoms. The molecule has 1 aromatic heterocycles. The maximum absolute atomic E-state index is 11.7. The molecule has 0 aliphatic carbocycles. The van der Waals surface area contributed by atoms with Crippen molar-refractivity contribution in [2.75, 3.05) is 11.4 Å². The summed E-state index contributed by atoms with van der Waals surface area (Å²) in [6.07, 6.45) is 3.85. The van der Waals surface area contributed by atoms with E-state index in [-0.39, 0.29) is 5.91 Å². The van der Waals surface area contributed by atoms with E-state index in [0.717, 1.165) is 36.5 Å². The minimum atomic E-state index is 0.183. The summed E-state index contributed by atoms with van der Waals surface area (Å²) in [4.78, 5) is 21.9. The first-order valence-electron chi connectivity index (χ1n) is 5.35. The number of aryl methyl sites for hydroxylation is 1. The fourth-order valence-electron chi connectivity index (χ4n) is 1.95. The molecule has 2 heterocycles. The van der Waals surface area contributed by atoms with Crippen molar-refractivity contribution in [2.24, 2.45) is 0 Å². The van der Waals surface area contributed by atoms with E-state index in [2.05, 4.69) is 16.9 Å². The van der Waals surface area contributed by atoms with Crippen molar-refractivity contribution in [3.8, 4) is 0 Å². The van der Waals surface area contributed by atoms with E-state index in [9.17, 15) is 4.79 Å². The zero-order valence-corrected chi connectivity index (χ0v) is 9.16. The van der Waals surface area contributed by atoms with Crippen molar-refractivity contribution in [2.45, 2.75) is 33.1 Å². The Balaban J connectivity index is 2.43. The molecule has 1 aliphatic rings. The third-order valence-corrected chi connectivity index (χ3v) is 2.73. The number of amides is 1. The summed E-state index contributed by atoms with van der Waals surface area (Å²) in [6.45, 7) is 4.79. The lowest BCUT2D eigenvalue weighted by molar-refractivity contribution is -0.118. The molecular weight excluding hydrogens is 190 g/mol. The first-order valence-corrected chi connectivity index (χ1v) is 5.35. The Bertz CT molecular complexity index is 389. The average molecular weight is 205 g/mol. The van der Waals surface area contributed by atoms with Crippen LogP contribution in [0.3, 0.4) is 0 Å². The molecule has 1 aromatic rings. The van der Waals surface area contributed by atoms with Crippen molar-refractivity contribution in [3.63, 3.8) is 0 Å². The molecule has 80 valence electrons. The number of aromatic nitrogens is 2. The number of carbonyl (C=O) groups is 1. The molecule has 0 aromatic carbocycles. The predicted octanol–water partition coefficient (Wildman–Crippen LogP) is 1.47. The number of nitrogens with zero attached hydrogens (tertiary/aromatic N) is 3. The van der Waals surface area contributed by atoms with Crippen LogP contribution >= 0.6 is 0 Å². The van der Waals surface area contributed by atoms with Crippen LogP contribution in [0.2, 0.25) is 0 Å². The Morgan fingerprint density at radius 1 is 1.40 bits per heavy atom. The van der Waals surface area contributed by atoms with Gasteiger partial charge in [0.15, 0.2) is 0 Å². The Morgan fingerprint density at radius 2 is 2.20 bits per heavy atom. The lowest BCUT2D eigenvalue weighted by Gasteiger charge is -2.28. The van der Waals surface area contributed by atoms with Crippen LogP contribution < -0.4 is 4.90 Å². The summed E-state index contributed by atoms with van der Waals surface area (Å²) < 4.78 is 0. The van der Waals surface area contributed by atoms with Gasteiger partial charge >= 0.3 is 0 Å². The lowest BCUT2D eigenvalue weighted by Crippen LogP contribution is -2.36. The molecule has 0 saturated carbocycles. The maximum Gasteiger partial charge on any atom is 0.228 e. The Kier molecular flexibility index (Phi) is 2.66. The second-order valence-electron chi connectivity index (χ2n) is 3.81. The van der Waals surface area contributed by atoms with Gasteiger partial charge in [-0.25, -0.2) is 9.97 Å². The van der Waals surface area contributed by atoms with Gasteiger partial charge in [-0.15, -0.1) is 0 Å². The van der Waals surface area contributed by atoms with Crippen molar-refractivity contribution in [3.05, 3.63) is 17.6 Å². The zero-order valence-electron chi connectivity index (χ0n) is 9.16. The quantitative estimate of drug-likeness (QED) is 0.734. The van der Waals surface area contributed by atoms with Crippen LogP contribution in [-0.2, 0) is 11.2 Å². The van der Waals surface area contributed by atoms with Gasteiger partial charge in [-0.2, -0.15) is 0 Å². The predicted molar refractivity (Wildman–Crippen MR) is 57.7 cm³/mol. The highest BCUT2D eigenvalue weighted by molar-refractivity contribution is 5.95. The standard InChI is InChI=1S/C11H15N3O/c1-3-6-14-10(15)5-4-9-8(2)12-7-13-11(9)14/h7H,3-6H2,1-2H3. The maximum atomic E-state index is 11.7. The summed E-state index contributed by atoms with van der Waals surface area (Å²) in [5.41, 5.74) is 2.12. The largest absolute Gasteiger partial charge is 0.296 e. The van der Waals surface area contributed by atoms with E-state index in [1.165, 1.54) is 6.33 Å². The molecule has 2 rings (SSSR count). The molecule has 0 bridgehead atoms. The fraction of sp³-hybridized carbons (Fsp3) is 0.545. The SMILES string of the molecule is CCCN1C(=O)CCc2c(C)ncnc21. The van der Waals surface area contributed by atoms with Gasteiger partial charge in [0, 0.05) is 24.2 Å². The summed E-state index contributed by atoms with van der Waals surface area (Å²) in [5, 5.41) is 0. The van der Waals surface area contributed by atoms with Gasteiger partial charge < -0.3 is 0 Å². The summed E-state index contributed by atoms with van der Waals surface area (Å²) in [5.74, 6) is 1.00. The minimum Gasteiger partial charge on any atom is -0.296 e. The van der Waals surface area contributed by atoms with Gasteiger partial charge in [0.2, 0.25) is 5.91 Å². The Morgan fingerprint density at radius 3 is 2.93 bits per heavy atom. The van der Waals surface area contributed by atoms with Crippen LogP contribution in [0, 0.1) is 6.92 Å². The molecular formula is C11H15N3O. The molecule has 0 unspecified atom stereocenters. The van der Waals surface area contributed by atoms with Gasteiger partial charge in [-0.05, 0) is 19.8 Å². The number of anilines is 1. The van der Waals surface area contributed by atoms with E-state index < -0.39 is 0 Å². The zero-order chi connectivity index (χ0) is 10.8. The third-order valence-electron chi connectivity index (χ3n) is 2.73. The summed E-state index contributed by atoms with van der Waals surface area (Å²) >= 11 is 0. The van der Waals surface area contributed by atoms with Crippen LogP contribution in [-0.4, -0.2) is 22.4 Å². The normalized spacial score (nSPS) is 15.3. The van der Waals surface area contributed by atoms with Gasteiger partial charge in [0.05, 0.1) is 0 Å². The summed E-state index contributed by atoms with van der Waals surface area (Å²) in [7, 11) is 0. The van der Waals surface area contributed by atoms with Crippen LogP contribution in [0.25, 0.3) is 0 Å². The molecule has 1 amide bonds. The highest BCUT2D eigenvalue weighted by atomic mass is 16.2. The van der Waals surface area contributed by atoms with Crippen molar-refractivity contribution in [1.82, 2.24) is 9.97 Å². The number of fused-ring (bicyclic) bond motifs is 1. The average Bonchev–Trinajstić information content (AvgIpc) is 2.23. The van der Waals surface area contributed by atoms with Gasteiger partial charge in [0.25, 0.3) is 0 Å². The van der Waals surface area contributed by atoms with Gasteiger partial charge in [-0.3, -0.25) is 9.69 Å². The van der Waals surface area contributed by atoms with Crippen LogP contribution in [0.4, 0.5) is 5.82 Å². The molecule has 0 radical (unpaired) electrons. The summed E-state index contributed by atoms with van der Waals surface area (Å²) in [6, 6.07) is 0. The highest BCUT2D eigenvalue weighted by Crippen LogP contribution is 2.26. The molecule has 0 saturated heterocycles. The molecule has 4 heteroatoms. The first-order chi connectivity index (χ1) is 7.24. The third kappa shape index (κ3) is 1.71.